The van der Waals surface area contributed by atoms with Crippen molar-refractivity contribution in [2.24, 2.45) is 11.3 Å². The molecule has 4 heteroatoms. The molecule has 0 rings (SSSR count). The van der Waals surface area contributed by atoms with Crippen molar-refractivity contribution in [3.63, 3.8) is 0 Å². The van der Waals surface area contributed by atoms with Crippen LogP contribution in [0.2, 0.25) is 0 Å². The summed E-state index contributed by atoms with van der Waals surface area (Å²) in [6, 6.07) is 2.27. The molecular formula is C20H29N3O. The number of nitrogens with zero attached hydrogens (tertiary/aromatic N) is 3. The molecule has 0 aromatic carbocycles. The van der Waals surface area contributed by atoms with Crippen molar-refractivity contribution in [2.45, 2.75) is 20.8 Å². The van der Waals surface area contributed by atoms with Gasteiger partial charge in [-0.05, 0) is 25.5 Å². The maximum atomic E-state index is 11.3. The first-order valence-electron chi connectivity index (χ1n) is 7.82. The predicted octanol–water partition coefficient (Wildman–Crippen LogP) is 3.89. The second kappa shape index (κ2) is 9.57. The molecule has 4 nitrogen and oxygen atoms in total. The van der Waals surface area contributed by atoms with Crippen molar-refractivity contribution < 1.29 is 4.79 Å². The second-order valence-electron chi connectivity index (χ2n) is 5.96. The number of allylic oxidation sites excluding steroid dienone is 6. The van der Waals surface area contributed by atoms with E-state index in [1.165, 1.54) is 4.90 Å². The number of amides is 1. The molecule has 2 atom stereocenters. The standard InChI is InChI=1S/C20H29N3O/c1-9-12-20(5,17(10-2)14-21)16(4)13-19(23(8)15-24)18(11-3)22(6)7/h9-13,15,17H,2,4H2,1,3,5-8H3/b12-9-,18-11+,19-13+. The number of carbonyl (C=O) groups is 1. The van der Waals surface area contributed by atoms with Crippen LogP contribution in [0.15, 0.2) is 60.5 Å². The van der Waals surface area contributed by atoms with Gasteiger partial charge in [-0.1, -0.05) is 37.8 Å². The zero-order valence-electron chi connectivity index (χ0n) is 15.7. The third-order valence-electron chi connectivity index (χ3n) is 4.09. The first kappa shape index (κ1) is 21.5. The highest BCUT2D eigenvalue weighted by molar-refractivity contribution is 5.55. The summed E-state index contributed by atoms with van der Waals surface area (Å²) < 4.78 is 0. The van der Waals surface area contributed by atoms with Gasteiger partial charge in [-0.2, -0.15) is 5.26 Å². The average molecular weight is 327 g/mol. The molecule has 0 aliphatic rings. The number of likely N-dealkylation sites (N-methyl/N-ethyl adjacent to an activating group) is 2. The first-order chi connectivity index (χ1) is 11.2. The zero-order chi connectivity index (χ0) is 18.9. The van der Waals surface area contributed by atoms with E-state index in [9.17, 15) is 10.1 Å². The van der Waals surface area contributed by atoms with Crippen molar-refractivity contribution in [1.82, 2.24) is 9.80 Å². The highest BCUT2D eigenvalue weighted by atomic mass is 16.1. The SMILES string of the molecule is C=CC(C#N)C(C)(/C=C\C)C(=C)/C=C(\C(=C/C)N(C)C)N(C)C=O. The van der Waals surface area contributed by atoms with Gasteiger partial charge in [0.1, 0.15) is 0 Å². The molecule has 0 aliphatic carbocycles. The van der Waals surface area contributed by atoms with Crippen molar-refractivity contribution in [1.29, 1.82) is 5.26 Å². The third kappa shape index (κ3) is 4.73. The molecule has 0 spiro atoms. The Morgan fingerprint density at radius 3 is 2.17 bits per heavy atom. The Balaban J connectivity index is 6.26. The summed E-state index contributed by atoms with van der Waals surface area (Å²) in [6.07, 6.45) is 10.0. The Labute approximate surface area is 146 Å². The normalized spacial score (nSPS) is 16.0. The molecule has 0 aliphatic heterocycles. The van der Waals surface area contributed by atoms with Gasteiger partial charge in [-0.15, -0.1) is 6.58 Å². The number of carbonyl (C=O) groups excluding carboxylic acids is 1. The summed E-state index contributed by atoms with van der Waals surface area (Å²) in [7, 11) is 5.52. The topological polar surface area (TPSA) is 47.3 Å². The molecule has 0 heterocycles. The smallest absolute Gasteiger partial charge is 0.213 e. The van der Waals surface area contributed by atoms with Gasteiger partial charge in [0.25, 0.3) is 0 Å². The number of rotatable bonds is 9. The van der Waals surface area contributed by atoms with E-state index >= 15 is 0 Å². The van der Waals surface area contributed by atoms with Crippen molar-refractivity contribution in [2.75, 3.05) is 21.1 Å². The van der Waals surface area contributed by atoms with Crippen LogP contribution in [0.1, 0.15) is 20.8 Å². The Bertz CT molecular complexity index is 605. The van der Waals surface area contributed by atoms with Crippen LogP contribution < -0.4 is 0 Å². The quantitative estimate of drug-likeness (QED) is 0.367. The fraction of sp³-hybridized carbons (Fsp3) is 0.400. The molecule has 130 valence electrons. The highest BCUT2D eigenvalue weighted by Gasteiger charge is 2.32. The van der Waals surface area contributed by atoms with Gasteiger partial charge >= 0.3 is 0 Å². The monoisotopic (exact) mass is 327 g/mol. The summed E-state index contributed by atoms with van der Waals surface area (Å²) in [6.45, 7) is 13.7. The Hall–Kier alpha value is -2.54. The van der Waals surface area contributed by atoms with Crippen LogP contribution in [0.25, 0.3) is 0 Å². The number of nitriles is 1. The largest absolute Gasteiger partial charge is 0.376 e. The van der Waals surface area contributed by atoms with Crippen molar-refractivity contribution in [3.05, 3.63) is 60.5 Å². The lowest BCUT2D eigenvalue weighted by molar-refractivity contribution is -0.115. The van der Waals surface area contributed by atoms with Gasteiger partial charge in [0, 0.05) is 26.6 Å². The number of hydrogen-bond donors (Lipinski definition) is 0. The van der Waals surface area contributed by atoms with Crippen molar-refractivity contribution >= 4 is 6.41 Å². The van der Waals surface area contributed by atoms with Crippen molar-refractivity contribution in [3.8, 4) is 6.07 Å². The predicted molar refractivity (Wildman–Crippen MR) is 101 cm³/mol. The van der Waals surface area contributed by atoms with Crippen LogP contribution in [-0.2, 0) is 4.79 Å². The molecule has 2 unspecified atom stereocenters. The lowest BCUT2D eigenvalue weighted by Crippen LogP contribution is -2.27. The maximum absolute atomic E-state index is 11.3. The molecule has 0 radical (unpaired) electrons. The molecule has 0 aromatic rings. The van der Waals surface area contributed by atoms with E-state index in [4.69, 9.17) is 0 Å². The molecule has 0 N–H and O–H groups in total. The zero-order valence-corrected chi connectivity index (χ0v) is 15.7. The summed E-state index contributed by atoms with van der Waals surface area (Å²) in [5.74, 6) is -0.423. The first-order valence-corrected chi connectivity index (χ1v) is 7.82. The van der Waals surface area contributed by atoms with Gasteiger partial charge in [-0.3, -0.25) is 4.79 Å². The summed E-state index contributed by atoms with van der Waals surface area (Å²) >= 11 is 0. The van der Waals surface area contributed by atoms with E-state index in [1.807, 2.05) is 64.1 Å². The summed E-state index contributed by atoms with van der Waals surface area (Å²) in [5, 5.41) is 9.47. The van der Waals surface area contributed by atoms with E-state index < -0.39 is 11.3 Å². The summed E-state index contributed by atoms with van der Waals surface area (Å²) in [4.78, 5) is 14.8. The lowest BCUT2D eigenvalue weighted by Gasteiger charge is -2.32. The molecule has 0 bridgehead atoms. The third-order valence-corrected chi connectivity index (χ3v) is 4.09. The molecule has 0 saturated heterocycles. The van der Waals surface area contributed by atoms with Crippen LogP contribution in [0.4, 0.5) is 0 Å². The Kier molecular flexibility index (Phi) is 8.55. The van der Waals surface area contributed by atoms with E-state index in [0.29, 0.717) is 0 Å². The van der Waals surface area contributed by atoms with E-state index in [0.717, 1.165) is 23.4 Å². The minimum Gasteiger partial charge on any atom is -0.376 e. The lowest BCUT2D eigenvalue weighted by atomic mass is 9.71. The van der Waals surface area contributed by atoms with Crippen LogP contribution in [-0.4, -0.2) is 37.4 Å². The van der Waals surface area contributed by atoms with E-state index in [1.54, 1.807) is 13.1 Å². The minimum atomic E-state index is -0.606. The van der Waals surface area contributed by atoms with Crippen LogP contribution in [0.3, 0.4) is 0 Å². The van der Waals surface area contributed by atoms with E-state index in [-0.39, 0.29) is 0 Å². The van der Waals surface area contributed by atoms with E-state index in [2.05, 4.69) is 19.2 Å². The highest BCUT2D eigenvalue weighted by Crippen LogP contribution is 2.38. The van der Waals surface area contributed by atoms with Crippen LogP contribution in [0, 0.1) is 22.7 Å². The van der Waals surface area contributed by atoms with Gasteiger partial charge in [0.15, 0.2) is 0 Å². The average Bonchev–Trinajstić information content (AvgIpc) is 2.54. The summed E-state index contributed by atoms with van der Waals surface area (Å²) in [5.41, 5.74) is 1.74. The molecule has 0 fully saturated rings. The molecule has 0 saturated carbocycles. The maximum Gasteiger partial charge on any atom is 0.213 e. The molecule has 1 amide bonds. The van der Waals surface area contributed by atoms with Gasteiger partial charge < -0.3 is 9.80 Å². The molecular weight excluding hydrogens is 298 g/mol. The number of hydrogen-bond acceptors (Lipinski definition) is 3. The molecule has 24 heavy (non-hydrogen) atoms. The minimum absolute atomic E-state index is 0.423. The second-order valence-corrected chi connectivity index (χ2v) is 5.96. The fourth-order valence-corrected chi connectivity index (χ4v) is 2.56. The Morgan fingerprint density at radius 2 is 1.83 bits per heavy atom. The van der Waals surface area contributed by atoms with Gasteiger partial charge in [-0.25, -0.2) is 0 Å². The van der Waals surface area contributed by atoms with Crippen LogP contribution in [0.5, 0.6) is 0 Å². The van der Waals surface area contributed by atoms with Gasteiger partial charge in [0.05, 0.1) is 23.4 Å². The fourth-order valence-electron chi connectivity index (χ4n) is 2.56. The van der Waals surface area contributed by atoms with Crippen LogP contribution >= 0.6 is 0 Å². The Morgan fingerprint density at radius 1 is 1.25 bits per heavy atom. The van der Waals surface area contributed by atoms with Gasteiger partial charge in [0.2, 0.25) is 6.41 Å². The molecule has 0 aromatic heterocycles.